The van der Waals surface area contributed by atoms with E-state index in [1.165, 1.54) is 24.3 Å². The summed E-state index contributed by atoms with van der Waals surface area (Å²) >= 11 is 0. The molecular formula is C27H23F8NO2. The van der Waals surface area contributed by atoms with Crippen LogP contribution in [0.3, 0.4) is 0 Å². The van der Waals surface area contributed by atoms with Crippen molar-refractivity contribution in [3.05, 3.63) is 89.5 Å². The van der Waals surface area contributed by atoms with Gasteiger partial charge in [-0.2, -0.15) is 35.1 Å². The smallest absolute Gasteiger partial charge is 0.457 e. The number of halogens is 8. The highest BCUT2D eigenvalue weighted by Gasteiger charge is 2.58. The van der Waals surface area contributed by atoms with E-state index in [9.17, 15) is 40.2 Å². The van der Waals surface area contributed by atoms with Gasteiger partial charge in [0.1, 0.15) is 11.5 Å². The molecule has 38 heavy (non-hydrogen) atoms. The Morgan fingerprint density at radius 2 is 1.45 bits per heavy atom. The Hall–Kier alpha value is -3.34. The van der Waals surface area contributed by atoms with Crippen LogP contribution in [0.5, 0.6) is 11.5 Å². The van der Waals surface area contributed by atoms with Crippen LogP contribution in [0.2, 0.25) is 0 Å². The first kappa shape index (κ1) is 27.7. The second-order valence-electron chi connectivity index (χ2n) is 9.16. The summed E-state index contributed by atoms with van der Waals surface area (Å²) in [5, 5.41) is 9.71. The number of hydrogen-bond donors (Lipinski definition) is 1. The van der Waals surface area contributed by atoms with Crippen molar-refractivity contribution in [1.82, 2.24) is 0 Å². The number of anilines is 1. The molecule has 0 aromatic heterocycles. The summed E-state index contributed by atoms with van der Waals surface area (Å²) in [6, 6.07) is 16.6. The molecule has 3 aromatic carbocycles. The van der Waals surface area contributed by atoms with Gasteiger partial charge < -0.3 is 14.7 Å². The fourth-order valence-corrected chi connectivity index (χ4v) is 3.95. The number of rotatable bonds is 9. The zero-order valence-electron chi connectivity index (χ0n) is 19.7. The van der Waals surface area contributed by atoms with Crippen LogP contribution in [0.4, 0.5) is 40.8 Å². The molecule has 1 aliphatic carbocycles. The predicted molar refractivity (Wildman–Crippen MR) is 124 cm³/mol. The fourth-order valence-electron chi connectivity index (χ4n) is 3.95. The van der Waals surface area contributed by atoms with Crippen LogP contribution in [-0.4, -0.2) is 30.1 Å². The number of benzene rings is 3. The summed E-state index contributed by atoms with van der Waals surface area (Å²) in [5.41, 5.74) is -0.211. The van der Waals surface area contributed by atoms with Gasteiger partial charge in [0.05, 0.1) is 6.54 Å². The van der Waals surface area contributed by atoms with Gasteiger partial charge in [-0.1, -0.05) is 36.4 Å². The van der Waals surface area contributed by atoms with E-state index in [0.29, 0.717) is 23.8 Å². The quantitative estimate of drug-likeness (QED) is 0.277. The summed E-state index contributed by atoms with van der Waals surface area (Å²) in [4.78, 5) is 1.04. The van der Waals surface area contributed by atoms with Crippen molar-refractivity contribution >= 4 is 5.69 Å². The topological polar surface area (TPSA) is 32.7 Å². The molecule has 1 fully saturated rings. The van der Waals surface area contributed by atoms with Gasteiger partial charge in [-0.15, -0.1) is 0 Å². The third-order valence-corrected chi connectivity index (χ3v) is 6.12. The third-order valence-electron chi connectivity index (χ3n) is 6.12. The average Bonchev–Trinajstić information content (AvgIpc) is 3.68. The first-order valence-electron chi connectivity index (χ1n) is 11.7. The number of alkyl halides is 8. The minimum absolute atomic E-state index is 0.107. The van der Waals surface area contributed by atoms with E-state index in [1.807, 2.05) is 18.2 Å². The molecule has 0 heterocycles. The molecule has 1 aliphatic rings. The molecule has 1 atom stereocenters. The van der Waals surface area contributed by atoms with Crippen LogP contribution in [0, 0.1) is 0 Å². The maximum absolute atomic E-state index is 13.9. The van der Waals surface area contributed by atoms with E-state index in [2.05, 4.69) is 0 Å². The molecule has 1 N–H and O–H groups in total. The van der Waals surface area contributed by atoms with E-state index in [1.54, 1.807) is 12.1 Å². The highest BCUT2D eigenvalue weighted by atomic mass is 19.4. The zero-order valence-corrected chi connectivity index (χ0v) is 19.7. The highest BCUT2D eigenvalue weighted by Crippen LogP contribution is 2.44. The summed E-state index contributed by atoms with van der Waals surface area (Å²) in [6.07, 6.45) is -11.5. The Kier molecular flexibility index (Phi) is 7.60. The minimum Gasteiger partial charge on any atom is -0.457 e. The van der Waals surface area contributed by atoms with E-state index >= 15 is 0 Å². The van der Waals surface area contributed by atoms with Gasteiger partial charge in [0.2, 0.25) is 0 Å². The molecule has 1 saturated carbocycles. The molecule has 4 rings (SSSR count). The van der Waals surface area contributed by atoms with Crippen molar-refractivity contribution in [1.29, 1.82) is 0 Å². The van der Waals surface area contributed by atoms with Gasteiger partial charge in [-0.25, -0.2) is 0 Å². The standard InChI is InChI=1S/C27H23F8NO2/c28-25(29,27(33,34)35)20-6-1-4-17(12-20)15-36(16-24(37)26(30,31)32)21-7-3-9-23(14-21)38-22-8-2-5-19(13-22)18-10-11-18/h1-9,12-14,18,24,37H,10-11,15-16H2. The number of ether oxygens (including phenoxy) is 1. The van der Waals surface area contributed by atoms with Crippen LogP contribution in [-0.2, 0) is 12.5 Å². The van der Waals surface area contributed by atoms with Crippen molar-refractivity contribution < 1.29 is 45.0 Å². The first-order chi connectivity index (χ1) is 17.7. The van der Waals surface area contributed by atoms with Gasteiger partial charge >= 0.3 is 18.3 Å². The molecule has 1 unspecified atom stereocenters. The van der Waals surface area contributed by atoms with E-state index in [-0.39, 0.29) is 17.0 Å². The van der Waals surface area contributed by atoms with Gasteiger partial charge in [0, 0.05) is 23.9 Å². The van der Waals surface area contributed by atoms with Crippen molar-refractivity contribution in [3.8, 4) is 11.5 Å². The third kappa shape index (κ3) is 6.56. The maximum atomic E-state index is 13.9. The monoisotopic (exact) mass is 545 g/mol. The van der Waals surface area contributed by atoms with Crippen LogP contribution in [0.25, 0.3) is 0 Å². The Bertz CT molecular complexity index is 1250. The number of hydrogen-bond acceptors (Lipinski definition) is 3. The highest BCUT2D eigenvalue weighted by molar-refractivity contribution is 5.52. The number of aliphatic hydroxyl groups excluding tert-OH is 1. The van der Waals surface area contributed by atoms with E-state index < -0.39 is 43.0 Å². The number of nitrogens with zero attached hydrogens (tertiary/aromatic N) is 1. The molecule has 0 amide bonds. The van der Waals surface area contributed by atoms with Crippen molar-refractivity contribution in [3.63, 3.8) is 0 Å². The predicted octanol–water partition coefficient (Wildman–Crippen LogP) is 7.94. The molecule has 11 heteroatoms. The second-order valence-corrected chi connectivity index (χ2v) is 9.16. The Labute approximate surface area is 213 Å². The average molecular weight is 545 g/mol. The molecule has 3 aromatic rings. The van der Waals surface area contributed by atoms with Crippen LogP contribution in [0.1, 0.15) is 35.4 Å². The lowest BCUT2D eigenvalue weighted by atomic mass is 10.0. The van der Waals surface area contributed by atoms with Crippen molar-refractivity contribution in [2.24, 2.45) is 0 Å². The Morgan fingerprint density at radius 3 is 2.08 bits per heavy atom. The lowest BCUT2D eigenvalue weighted by molar-refractivity contribution is -0.289. The van der Waals surface area contributed by atoms with Crippen molar-refractivity contribution in [2.75, 3.05) is 11.4 Å². The number of aliphatic hydroxyl groups is 1. The Balaban J connectivity index is 1.62. The normalized spacial score (nSPS) is 15.3. The molecule has 0 spiro atoms. The SMILES string of the molecule is OC(CN(Cc1cccc(C(F)(F)C(F)(F)F)c1)c1cccc(Oc2cccc(C3CC3)c2)c1)C(F)(F)F. The zero-order chi connectivity index (χ0) is 27.7. The van der Waals surface area contributed by atoms with Gasteiger partial charge in [-0.05, 0) is 60.2 Å². The van der Waals surface area contributed by atoms with Gasteiger partial charge in [0.15, 0.2) is 6.10 Å². The fraction of sp³-hybridized carbons (Fsp3) is 0.333. The largest absolute Gasteiger partial charge is 0.458 e. The van der Waals surface area contributed by atoms with Crippen molar-refractivity contribution in [2.45, 2.75) is 49.7 Å². The molecule has 204 valence electrons. The summed E-state index contributed by atoms with van der Waals surface area (Å²) in [5.74, 6) is -3.92. The van der Waals surface area contributed by atoms with Crippen LogP contribution >= 0.6 is 0 Å². The minimum atomic E-state index is -5.85. The van der Waals surface area contributed by atoms with Gasteiger partial charge in [0.25, 0.3) is 0 Å². The maximum Gasteiger partial charge on any atom is 0.458 e. The molecule has 0 bridgehead atoms. The summed E-state index contributed by atoms with van der Waals surface area (Å²) in [7, 11) is 0. The molecule has 0 radical (unpaired) electrons. The first-order valence-corrected chi connectivity index (χ1v) is 11.7. The lowest BCUT2D eigenvalue weighted by Gasteiger charge is -2.29. The molecule has 0 saturated heterocycles. The summed E-state index contributed by atoms with van der Waals surface area (Å²) in [6.45, 7) is -1.49. The molecule has 0 aliphatic heterocycles. The van der Waals surface area contributed by atoms with E-state index in [4.69, 9.17) is 4.74 Å². The molecule has 3 nitrogen and oxygen atoms in total. The lowest BCUT2D eigenvalue weighted by Crippen LogP contribution is -2.41. The van der Waals surface area contributed by atoms with Crippen LogP contribution in [0.15, 0.2) is 72.8 Å². The van der Waals surface area contributed by atoms with Crippen LogP contribution < -0.4 is 9.64 Å². The molecular weight excluding hydrogens is 522 g/mol. The Morgan fingerprint density at radius 1 is 0.816 bits per heavy atom. The summed E-state index contributed by atoms with van der Waals surface area (Å²) < 4.78 is 112. The van der Waals surface area contributed by atoms with Gasteiger partial charge in [-0.3, -0.25) is 0 Å². The second kappa shape index (κ2) is 10.4. The van der Waals surface area contributed by atoms with E-state index in [0.717, 1.165) is 29.4 Å².